The molecule has 22 heavy (non-hydrogen) atoms. The molecular formula is C17H15N3O2. The maximum atomic E-state index is 12.4. The molecule has 0 aliphatic heterocycles. The van der Waals surface area contributed by atoms with Gasteiger partial charge in [0.25, 0.3) is 5.91 Å². The molecule has 0 atom stereocenters. The number of anilines is 2. The number of amides is 2. The van der Waals surface area contributed by atoms with Gasteiger partial charge in [-0.25, -0.2) is 0 Å². The summed E-state index contributed by atoms with van der Waals surface area (Å²) < 4.78 is 0. The van der Waals surface area contributed by atoms with Gasteiger partial charge in [-0.05, 0) is 36.4 Å². The summed E-state index contributed by atoms with van der Waals surface area (Å²) in [5, 5.41) is 6.51. The summed E-state index contributed by atoms with van der Waals surface area (Å²) in [6.07, 6.45) is 1.83. The van der Waals surface area contributed by atoms with E-state index in [-0.39, 0.29) is 11.8 Å². The van der Waals surface area contributed by atoms with Crippen molar-refractivity contribution >= 4 is 34.1 Å². The Hall–Kier alpha value is -3.08. The second-order valence-electron chi connectivity index (χ2n) is 4.96. The Labute approximate surface area is 127 Å². The van der Waals surface area contributed by atoms with Crippen LogP contribution >= 0.6 is 0 Å². The molecule has 1 aromatic heterocycles. The summed E-state index contributed by atoms with van der Waals surface area (Å²) in [5.41, 5.74) is 2.79. The van der Waals surface area contributed by atoms with Crippen molar-refractivity contribution in [1.29, 1.82) is 0 Å². The average molecular weight is 293 g/mol. The van der Waals surface area contributed by atoms with E-state index < -0.39 is 0 Å². The van der Waals surface area contributed by atoms with Gasteiger partial charge >= 0.3 is 0 Å². The topological polar surface area (TPSA) is 74.0 Å². The Morgan fingerprint density at radius 3 is 2.64 bits per heavy atom. The molecule has 2 aromatic carbocycles. The van der Waals surface area contributed by atoms with Crippen molar-refractivity contribution in [3.63, 3.8) is 0 Å². The minimum absolute atomic E-state index is 0.172. The minimum atomic E-state index is -0.221. The normalized spacial score (nSPS) is 10.4. The summed E-state index contributed by atoms with van der Waals surface area (Å²) in [7, 11) is 0. The fraction of sp³-hybridized carbons (Fsp3) is 0.0588. The lowest BCUT2D eigenvalue weighted by molar-refractivity contribution is -0.114. The highest BCUT2D eigenvalue weighted by Gasteiger charge is 2.09. The number of carbonyl (C=O) groups is 2. The van der Waals surface area contributed by atoms with Crippen LogP contribution in [0.25, 0.3) is 10.9 Å². The first-order valence-corrected chi connectivity index (χ1v) is 6.88. The van der Waals surface area contributed by atoms with Gasteiger partial charge in [-0.1, -0.05) is 12.1 Å². The average Bonchev–Trinajstić information content (AvgIpc) is 2.96. The molecule has 1 heterocycles. The number of fused-ring (bicyclic) bond motifs is 1. The van der Waals surface area contributed by atoms with Gasteiger partial charge in [-0.3, -0.25) is 9.59 Å². The number of hydrogen-bond donors (Lipinski definition) is 3. The van der Waals surface area contributed by atoms with Crippen LogP contribution in [-0.4, -0.2) is 16.8 Å². The highest BCUT2D eigenvalue weighted by Crippen LogP contribution is 2.23. The second kappa shape index (κ2) is 5.73. The monoisotopic (exact) mass is 293 g/mol. The van der Waals surface area contributed by atoms with Crippen LogP contribution in [0.15, 0.2) is 54.7 Å². The van der Waals surface area contributed by atoms with Crippen LogP contribution in [0.5, 0.6) is 0 Å². The summed E-state index contributed by atoms with van der Waals surface area (Å²) >= 11 is 0. The summed E-state index contributed by atoms with van der Waals surface area (Å²) in [6, 6.07) is 14.4. The van der Waals surface area contributed by atoms with Gasteiger partial charge in [0.05, 0.1) is 5.69 Å². The van der Waals surface area contributed by atoms with Crippen LogP contribution in [0, 0.1) is 0 Å². The van der Waals surface area contributed by atoms with Gasteiger partial charge in [-0.15, -0.1) is 0 Å². The fourth-order valence-electron chi connectivity index (χ4n) is 2.33. The van der Waals surface area contributed by atoms with Crippen LogP contribution in [-0.2, 0) is 4.79 Å². The van der Waals surface area contributed by atoms with Crippen molar-refractivity contribution < 1.29 is 9.59 Å². The quantitative estimate of drug-likeness (QED) is 0.692. The number of benzene rings is 2. The number of rotatable bonds is 3. The van der Waals surface area contributed by atoms with Gasteiger partial charge in [0.2, 0.25) is 5.91 Å². The number of H-pyrrole nitrogens is 1. The van der Waals surface area contributed by atoms with Crippen LogP contribution < -0.4 is 10.6 Å². The zero-order valence-electron chi connectivity index (χ0n) is 12.0. The maximum Gasteiger partial charge on any atom is 0.255 e. The zero-order valence-corrected chi connectivity index (χ0v) is 12.0. The molecule has 0 unspecified atom stereocenters. The van der Waals surface area contributed by atoms with Gasteiger partial charge < -0.3 is 15.6 Å². The molecule has 0 fully saturated rings. The van der Waals surface area contributed by atoms with Gasteiger partial charge in [0.15, 0.2) is 0 Å². The molecule has 0 aliphatic rings. The van der Waals surface area contributed by atoms with Crippen molar-refractivity contribution in [2.75, 3.05) is 10.6 Å². The van der Waals surface area contributed by atoms with E-state index in [2.05, 4.69) is 15.6 Å². The molecule has 0 aliphatic carbocycles. The smallest absolute Gasteiger partial charge is 0.255 e. The molecule has 5 heteroatoms. The highest BCUT2D eigenvalue weighted by molar-refractivity contribution is 6.09. The second-order valence-corrected chi connectivity index (χ2v) is 4.96. The molecule has 0 saturated carbocycles. The number of aromatic nitrogens is 1. The van der Waals surface area contributed by atoms with Crippen LogP contribution in [0.1, 0.15) is 17.3 Å². The summed E-state index contributed by atoms with van der Waals surface area (Å²) in [6.45, 7) is 1.43. The highest BCUT2D eigenvalue weighted by atomic mass is 16.2. The molecule has 0 spiro atoms. The van der Waals surface area contributed by atoms with Gasteiger partial charge in [0, 0.05) is 35.3 Å². The zero-order chi connectivity index (χ0) is 15.5. The fourth-order valence-corrected chi connectivity index (χ4v) is 2.33. The summed E-state index contributed by atoms with van der Waals surface area (Å²) in [4.78, 5) is 26.6. The first-order chi connectivity index (χ1) is 10.6. The Bertz CT molecular complexity index is 852. The van der Waals surface area contributed by atoms with E-state index in [9.17, 15) is 9.59 Å². The van der Waals surface area contributed by atoms with E-state index in [1.165, 1.54) is 6.92 Å². The SMILES string of the molecule is CC(=O)Nc1cccc(C(=O)Nc2cccc3[nH]ccc23)c1. The molecular weight excluding hydrogens is 278 g/mol. The molecule has 3 rings (SSSR count). The van der Waals surface area contributed by atoms with E-state index >= 15 is 0 Å². The summed E-state index contributed by atoms with van der Waals surface area (Å²) in [5.74, 6) is -0.393. The number of nitrogens with one attached hydrogen (secondary N) is 3. The first kappa shape index (κ1) is 13.9. The van der Waals surface area contributed by atoms with Crippen molar-refractivity contribution in [3.8, 4) is 0 Å². The molecule has 2 amide bonds. The predicted octanol–water partition coefficient (Wildman–Crippen LogP) is 3.38. The number of aromatic amines is 1. The Kier molecular flexibility index (Phi) is 3.62. The third-order valence-electron chi connectivity index (χ3n) is 3.29. The van der Waals surface area contributed by atoms with Crippen molar-refractivity contribution in [1.82, 2.24) is 4.98 Å². The van der Waals surface area contributed by atoms with Crippen LogP contribution in [0.3, 0.4) is 0 Å². The van der Waals surface area contributed by atoms with E-state index in [0.29, 0.717) is 11.3 Å². The van der Waals surface area contributed by atoms with E-state index in [4.69, 9.17) is 0 Å². The lowest BCUT2D eigenvalue weighted by atomic mass is 10.1. The van der Waals surface area contributed by atoms with Crippen molar-refractivity contribution in [2.45, 2.75) is 6.92 Å². The Morgan fingerprint density at radius 1 is 1.00 bits per heavy atom. The third kappa shape index (κ3) is 2.83. The van der Waals surface area contributed by atoms with Gasteiger partial charge in [-0.2, -0.15) is 0 Å². The maximum absolute atomic E-state index is 12.4. The molecule has 5 nitrogen and oxygen atoms in total. The van der Waals surface area contributed by atoms with E-state index in [1.54, 1.807) is 24.3 Å². The largest absolute Gasteiger partial charge is 0.361 e. The number of carbonyl (C=O) groups excluding carboxylic acids is 2. The molecule has 3 aromatic rings. The molecule has 3 N–H and O–H groups in total. The number of hydrogen-bond acceptors (Lipinski definition) is 2. The third-order valence-corrected chi connectivity index (χ3v) is 3.29. The minimum Gasteiger partial charge on any atom is -0.361 e. The molecule has 0 bridgehead atoms. The Balaban J connectivity index is 1.85. The van der Waals surface area contributed by atoms with Crippen molar-refractivity contribution in [2.24, 2.45) is 0 Å². The lowest BCUT2D eigenvalue weighted by Gasteiger charge is -2.08. The van der Waals surface area contributed by atoms with Gasteiger partial charge in [0.1, 0.15) is 0 Å². The molecule has 0 saturated heterocycles. The predicted molar refractivity (Wildman–Crippen MR) is 87.0 cm³/mol. The standard InChI is InChI=1S/C17H15N3O2/c1-11(21)19-13-5-2-4-12(10-13)17(22)20-16-7-3-6-15-14(16)8-9-18-15/h2-10,18H,1H3,(H,19,21)(H,20,22). The molecule has 0 radical (unpaired) electrons. The van der Waals surface area contributed by atoms with Crippen LogP contribution in [0.4, 0.5) is 11.4 Å². The van der Waals surface area contributed by atoms with Crippen LogP contribution in [0.2, 0.25) is 0 Å². The van der Waals surface area contributed by atoms with E-state index in [0.717, 1.165) is 16.6 Å². The Morgan fingerprint density at radius 2 is 1.82 bits per heavy atom. The molecule has 110 valence electrons. The first-order valence-electron chi connectivity index (χ1n) is 6.88. The van der Waals surface area contributed by atoms with E-state index in [1.807, 2.05) is 30.5 Å². The van der Waals surface area contributed by atoms with Crippen molar-refractivity contribution in [3.05, 3.63) is 60.3 Å². The lowest BCUT2D eigenvalue weighted by Crippen LogP contribution is -2.13.